The molecule has 2 aromatic carbocycles. The average Bonchev–Trinajstić information content (AvgIpc) is 3.48. The Labute approximate surface area is 186 Å². The highest BCUT2D eigenvalue weighted by molar-refractivity contribution is 6.05. The summed E-state index contributed by atoms with van der Waals surface area (Å²) in [5.41, 5.74) is 3.24. The monoisotopic (exact) mass is 434 g/mol. The van der Waals surface area contributed by atoms with Crippen molar-refractivity contribution in [3.05, 3.63) is 48.0 Å². The molecule has 166 valence electrons. The lowest BCUT2D eigenvalue weighted by Gasteiger charge is -2.19. The zero-order valence-electron chi connectivity index (χ0n) is 18.2. The second-order valence-electron chi connectivity index (χ2n) is 8.33. The first kappa shape index (κ1) is 20.5. The van der Waals surface area contributed by atoms with E-state index >= 15 is 0 Å². The van der Waals surface area contributed by atoms with Gasteiger partial charge in [-0.2, -0.15) is 0 Å². The average molecular weight is 434 g/mol. The van der Waals surface area contributed by atoms with Crippen LogP contribution in [0.4, 0.5) is 11.6 Å². The van der Waals surface area contributed by atoms with Crippen LogP contribution in [0.2, 0.25) is 0 Å². The second kappa shape index (κ2) is 8.27. The first-order chi connectivity index (χ1) is 15.5. The molecule has 1 N–H and O–H groups in total. The summed E-state index contributed by atoms with van der Waals surface area (Å²) in [6.45, 7) is 3.11. The van der Waals surface area contributed by atoms with Crippen LogP contribution < -0.4 is 15.0 Å². The molecule has 3 aromatic rings. The van der Waals surface area contributed by atoms with Crippen molar-refractivity contribution in [2.75, 3.05) is 30.5 Å². The molecule has 2 aliphatic heterocycles. The van der Waals surface area contributed by atoms with Gasteiger partial charge in [-0.1, -0.05) is 18.2 Å². The SMILES string of the molecule is COc1ccc(C)cc1NC(=O)C[C@@H]1C(=O)N(C[C@H]2CCCO2)c2nc3ccccc3n21. The topological polar surface area (TPSA) is 85.7 Å². The molecule has 1 fully saturated rings. The van der Waals surface area contributed by atoms with Gasteiger partial charge in [-0.25, -0.2) is 4.98 Å². The molecule has 1 saturated heterocycles. The highest BCUT2D eigenvalue weighted by Crippen LogP contribution is 2.37. The maximum absolute atomic E-state index is 13.4. The number of fused-ring (bicyclic) bond motifs is 3. The number of methoxy groups -OCH3 is 1. The van der Waals surface area contributed by atoms with Crippen molar-refractivity contribution in [1.29, 1.82) is 0 Å². The molecule has 0 saturated carbocycles. The standard InChI is InChI=1S/C24H26N4O4/c1-15-9-10-21(31-2)18(12-15)25-22(29)13-20-23(30)27(14-16-6-5-11-32-16)24-26-17-7-3-4-8-19(17)28(20)24/h3-4,7-10,12,16,20H,5-6,11,13-14H2,1-2H3,(H,25,29)/t16-,20-/m1/s1. The van der Waals surface area contributed by atoms with Crippen LogP contribution in [0.25, 0.3) is 11.0 Å². The highest BCUT2D eigenvalue weighted by atomic mass is 16.5. The van der Waals surface area contributed by atoms with Gasteiger partial charge < -0.3 is 14.8 Å². The summed E-state index contributed by atoms with van der Waals surface area (Å²) in [7, 11) is 1.56. The molecule has 0 aliphatic carbocycles. The van der Waals surface area contributed by atoms with Gasteiger partial charge in [0.15, 0.2) is 0 Å². The van der Waals surface area contributed by atoms with Crippen molar-refractivity contribution < 1.29 is 19.1 Å². The van der Waals surface area contributed by atoms with Crippen LogP contribution >= 0.6 is 0 Å². The molecule has 32 heavy (non-hydrogen) atoms. The summed E-state index contributed by atoms with van der Waals surface area (Å²) in [5.74, 6) is 0.781. The number of hydrogen-bond donors (Lipinski definition) is 1. The lowest BCUT2D eigenvalue weighted by molar-refractivity contribution is -0.124. The van der Waals surface area contributed by atoms with Crippen molar-refractivity contribution in [3.8, 4) is 5.75 Å². The Hall–Kier alpha value is -3.39. The number of benzene rings is 2. The summed E-state index contributed by atoms with van der Waals surface area (Å²) in [5, 5.41) is 2.92. The van der Waals surface area contributed by atoms with E-state index in [0.717, 1.165) is 29.4 Å². The van der Waals surface area contributed by atoms with Gasteiger partial charge >= 0.3 is 0 Å². The number of nitrogens with one attached hydrogen (secondary N) is 1. The summed E-state index contributed by atoms with van der Waals surface area (Å²) < 4.78 is 13.0. The Balaban J connectivity index is 1.44. The minimum absolute atomic E-state index is 0.00339. The summed E-state index contributed by atoms with van der Waals surface area (Å²) >= 11 is 0. The number of para-hydroxylation sites is 2. The molecule has 0 spiro atoms. The van der Waals surface area contributed by atoms with Gasteiger partial charge in [0, 0.05) is 6.61 Å². The van der Waals surface area contributed by atoms with Crippen LogP contribution in [-0.2, 0) is 14.3 Å². The molecule has 1 aromatic heterocycles. The van der Waals surface area contributed by atoms with Crippen molar-refractivity contribution in [3.63, 3.8) is 0 Å². The van der Waals surface area contributed by atoms with Crippen LogP contribution in [-0.4, -0.2) is 47.7 Å². The Morgan fingerprint density at radius 2 is 2.12 bits per heavy atom. The summed E-state index contributed by atoms with van der Waals surface area (Å²) in [4.78, 5) is 32.8. The van der Waals surface area contributed by atoms with E-state index in [1.165, 1.54) is 0 Å². The fraction of sp³-hybridized carbons (Fsp3) is 0.375. The van der Waals surface area contributed by atoms with E-state index in [4.69, 9.17) is 14.5 Å². The molecule has 2 aliphatic rings. The minimum atomic E-state index is -0.658. The van der Waals surface area contributed by atoms with Crippen LogP contribution in [0.15, 0.2) is 42.5 Å². The number of aromatic nitrogens is 2. The van der Waals surface area contributed by atoms with E-state index in [1.807, 2.05) is 54.0 Å². The Morgan fingerprint density at radius 3 is 2.91 bits per heavy atom. The zero-order valence-corrected chi connectivity index (χ0v) is 18.2. The fourth-order valence-electron chi connectivity index (χ4n) is 4.56. The number of imidazole rings is 1. The van der Waals surface area contributed by atoms with Crippen LogP contribution in [0, 0.1) is 6.92 Å². The van der Waals surface area contributed by atoms with E-state index in [0.29, 0.717) is 30.5 Å². The fourth-order valence-corrected chi connectivity index (χ4v) is 4.56. The predicted molar refractivity (Wildman–Crippen MR) is 121 cm³/mol. The van der Waals surface area contributed by atoms with E-state index in [-0.39, 0.29) is 24.3 Å². The highest BCUT2D eigenvalue weighted by Gasteiger charge is 2.42. The molecule has 0 radical (unpaired) electrons. The lowest BCUT2D eigenvalue weighted by Crippen LogP contribution is -2.37. The number of hydrogen-bond acceptors (Lipinski definition) is 5. The molecule has 2 amide bonds. The van der Waals surface area contributed by atoms with E-state index in [2.05, 4.69) is 5.32 Å². The molecule has 8 heteroatoms. The molecule has 5 rings (SSSR count). The van der Waals surface area contributed by atoms with E-state index in [9.17, 15) is 9.59 Å². The molecule has 0 unspecified atom stereocenters. The van der Waals surface area contributed by atoms with Gasteiger partial charge in [-0.3, -0.25) is 19.1 Å². The first-order valence-electron chi connectivity index (χ1n) is 10.9. The third-order valence-corrected chi connectivity index (χ3v) is 6.10. The van der Waals surface area contributed by atoms with Gasteiger partial charge in [0.25, 0.3) is 5.91 Å². The Kier molecular flexibility index (Phi) is 5.30. The second-order valence-corrected chi connectivity index (χ2v) is 8.33. The molecule has 0 bridgehead atoms. The largest absolute Gasteiger partial charge is 0.495 e. The van der Waals surface area contributed by atoms with Gasteiger partial charge in [0.1, 0.15) is 11.8 Å². The third-order valence-electron chi connectivity index (χ3n) is 6.10. The number of aryl methyl sites for hydroxylation is 1. The number of carbonyl (C=O) groups excluding carboxylic acids is 2. The zero-order chi connectivity index (χ0) is 22.2. The summed E-state index contributed by atoms with van der Waals surface area (Å²) in [6, 6.07) is 12.6. The van der Waals surface area contributed by atoms with Gasteiger partial charge in [-0.15, -0.1) is 0 Å². The molecular formula is C24H26N4O4. The molecule has 3 heterocycles. The van der Waals surface area contributed by atoms with Crippen LogP contribution in [0.3, 0.4) is 0 Å². The number of amides is 2. The smallest absolute Gasteiger partial charge is 0.253 e. The van der Waals surface area contributed by atoms with Crippen molar-refractivity contribution in [2.45, 2.75) is 38.3 Å². The van der Waals surface area contributed by atoms with Gasteiger partial charge in [0.2, 0.25) is 11.9 Å². The number of carbonyl (C=O) groups is 2. The van der Waals surface area contributed by atoms with Crippen molar-refractivity contribution in [1.82, 2.24) is 9.55 Å². The number of ether oxygens (including phenoxy) is 2. The molecule has 8 nitrogen and oxygen atoms in total. The maximum Gasteiger partial charge on any atom is 0.253 e. The lowest BCUT2D eigenvalue weighted by atomic mass is 10.1. The molecule has 2 atom stereocenters. The van der Waals surface area contributed by atoms with Gasteiger partial charge in [-0.05, 0) is 49.6 Å². The Morgan fingerprint density at radius 1 is 1.28 bits per heavy atom. The van der Waals surface area contributed by atoms with Crippen molar-refractivity contribution >= 4 is 34.5 Å². The minimum Gasteiger partial charge on any atom is -0.495 e. The molecular weight excluding hydrogens is 408 g/mol. The van der Waals surface area contributed by atoms with Crippen LogP contribution in [0.5, 0.6) is 5.75 Å². The van der Waals surface area contributed by atoms with E-state index in [1.54, 1.807) is 12.0 Å². The number of nitrogens with zero attached hydrogens (tertiary/aromatic N) is 3. The number of rotatable bonds is 6. The predicted octanol–water partition coefficient (Wildman–Crippen LogP) is 3.45. The quantitative estimate of drug-likeness (QED) is 0.642. The number of anilines is 2. The summed E-state index contributed by atoms with van der Waals surface area (Å²) in [6.07, 6.45) is 1.91. The van der Waals surface area contributed by atoms with Crippen molar-refractivity contribution in [2.24, 2.45) is 0 Å². The normalized spacial score (nSPS) is 20.1. The first-order valence-corrected chi connectivity index (χ1v) is 10.9. The maximum atomic E-state index is 13.4. The van der Waals surface area contributed by atoms with Crippen LogP contribution in [0.1, 0.15) is 30.9 Å². The van der Waals surface area contributed by atoms with E-state index < -0.39 is 6.04 Å². The Bertz CT molecular complexity index is 1180. The van der Waals surface area contributed by atoms with Gasteiger partial charge in [0.05, 0.1) is 42.9 Å². The third kappa shape index (κ3) is 3.60.